The molecule has 6 nitrogen and oxygen atoms in total. The van der Waals surface area contributed by atoms with Crippen LogP contribution in [0.3, 0.4) is 0 Å². The molecule has 3 aromatic rings. The molecule has 1 aliphatic rings. The zero-order valence-electron chi connectivity index (χ0n) is 14.1. The number of morpholine rings is 1. The molecule has 128 valence electrons. The lowest BCUT2D eigenvalue weighted by Crippen LogP contribution is -2.36. The van der Waals surface area contributed by atoms with Gasteiger partial charge in [0.2, 0.25) is 0 Å². The Labute approximate surface area is 146 Å². The van der Waals surface area contributed by atoms with Crippen molar-refractivity contribution in [1.82, 2.24) is 9.38 Å². The molecule has 25 heavy (non-hydrogen) atoms. The fourth-order valence-electron chi connectivity index (χ4n) is 3.20. The van der Waals surface area contributed by atoms with Crippen molar-refractivity contribution in [3.8, 4) is 0 Å². The summed E-state index contributed by atoms with van der Waals surface area (Å²) in [6, 6.07) is 13.6. The highest BCUT2D eigenvalue weighted by molar-refractivity contribution is 6.08. The van der Waals surface area contributed by atoms with Crippen molar-refractivity contribution in [2.75, 3.05) is 36.5 Å². The molecular weight excluding hydrogens is 316 g/mol. The monoisotopic (exact) mass is 336 g/mol. The molecule has 1 amide bonds. The smallest absolute Gasteiger partial charge is 0.276 e. The van der Waals surface area contributed by atoms with Crippen molar-refractivity contribution in [1.29, 1.82) is 0 Å². The summed E-state index contributed by atoms with van der Waals surface area (Å²) in [5.41, 5.74) is 3.06. The normalized spacial score (nSPS) is 14.7. The van der Waals surface area contributed by atoms with Gasteiger partial charge in [0.25, 0.3) is 5.91 Å². The van der Waals surface area contributed by atoms with Crippen molar-refractivity contribution >= 4 is 22.8 Å². The molecule has 1 fully saturated rings. The minimum Gasteiger partial charge on any atom is -0.378 e. The quantitative estimate of drug-likeness (QED) is 0.799. The number of nitrogens with one attached hydrogen (secondary N) is 1. The lowest BCUT2D eigenvalue weighted by Gasteiger charge is -2.30. The third-order valence-electron chi connectivity index (χ3n) is 4.44. The Hall–Kier alpha value is -2.86. The van der Waals surface area contributed by atoms with E-state index < -0.39 is 0 Å². The average Bonchev–Trinajstić information content (AvgIpc) is 3.00. The molecule has 1 N–H and O–H groups in total. The van der Waals surface area contributed by atoms with Crippen LogP contribution in [0.5, 0.6) is 0 Å². The van der Waals surface area contributed by atoms with Crippen molar-refractivity contribution < 1.29 is 9.53 Å². The molecule has 3 heterocycles. The van der Waals surface area contributed by atoms with Crippen LogP contribution >= 0.6 is 0 Å². The topological polar surface area (TPSA) is 58.9 Å². The molecule has 0 atom stereocenters. The highest BCUT2D eigenvalue weighted by Gasteiger charge is 2.19. The minimum absolute atomic E-state index is 0.197. The molecular formula is C19H20N4O2. The van der Waals surface area contributed by atoms with Crippen LogP contribution in [0, 0.1) is 6.92 Å². The number of amides is 1. The van der Waals surface area contributed by atoms with Crippen LogP contribution in [-0.4, -0.2) is 41.6 Å². The van der Waals surface area contributed by atoms with Gasteiger partial charge in [0.15, 0.2) is 5.69 Å². The largest absolute Gasteiger partial charge is 0.378 e. The molecule has 0 unspecified atom stereocenters. The number of hydrogen-bond acceptors (Lipinski definition) is 4. The number of aromatic nitrogens is 2. The van der Waals surface area contributed by atoms with Gasteiger partial charge in [0.1, 0.15) is 5.82 Å². The number of para-hydroxylation sites is 2. The number of fused-ring (bicyclic) bond motifs is 1. The van der Waals surface area contributed by atoms with E-state index in [1.54, 1.807) is 0 Å². The number of carbonyl (C=O) groups is 1. The van der Waals surface area contributed by atoms with Gasteiger partial charge in [0.05, 0.1) is 30.1 Å². The summed E-state index contributed by atoms with van der Waals surface area (Å²) in [5, 5.41) is 3.03. The Balaban J connectivity index is 1.65. The molecule has 0 aliphatic carbocycles. The third kappa shape index (κ3) is 2.96. The number of pyridine rings is 1. The Kier molecular flexibility index (Phi) is 4.11. The van der Waals surface area contributed by atoms with E-state index in [0.29, 0.717) is 18.9 Å². The summed E-state index contributed by atoms with van der Waals surface area (Å²) in [5.74, 6) is 0.597. The van der Waals surface area contributed by atoms with Gasteiger partial charge in [-0.05, 0) is 31.2 Å². The average molecular weight is 336 g/mol. The maximum Gasteiger partial charge on any atom is 0.276 e. The number of benzene rings is 1. The van der Waals surface area contributed by atoms with Crippen LogP contribution in [-0.2, 0) is 4.74 Å². The number of imidazole rings is 1. The molecule has 0 saturated carbocycles. The first kappa shape index (κ1) is 15.7. The number of carbonyl (C=O) groups excluding carboxylic acids is 1. The highest BCUT2D eigenvalue weighted by Crippen LogP contribution is 2.27. The molecule has 4 rings (SSSR count). The van der Waals surface area contributed by atoms with Crippen molar-refractivity contribution in [3.05, 3.63) is 60.2 Å². The van der Waals surface area contributed by atoms with E-state index in [0.717, 1.165) is 35.8 Å². The highest BCUT2D eigenvalue weighted by atomic mass is 16.5. The molecule has 1 saturated heterocycles. The first-order valence-electron chi connectivity index (χ1n) is 8.41. The Morgan fingerprint density at radius 3 is 2.72 bits per heavy atom. The molecule has 0 radical (unpaired) electrons. The first-order chi connectivity index (χ1) is 12.2. The standard InChI is InChI=1S/C19H20N4O2/c1-14-20-18(17-8-4-5-9-23(14)17)19(24)21-15-6-2-3-7-16(15)22-10-12-25-13-11-22/h2-9H,10-13H2,1H3,(H,21,24). The van der Waals surface area contributed by atoms with Gasteiger partial charge in [-0.3, -0.25) is 4.79 Å². The number of aryl methyl sites for hydroxylation is 1. The summed E-state index contributed by atoms with van der Waals surface area (Å²) in [4.78, 5) is 19.5. The van der Waals surface area contributed by atoms with Crippen LogP contribution in [0.15, 0.2) is 48.7 Å². The summed E-state index contributed by atoms with van der Waals surface area (Å²) >= 11 is 0. The lowest BCUT2D eigenvalue weighted by molar-refractivity contribution is 0.102. The SMILES string of the molecule is Cc1nc(C(=O)Nc2ccccc2N2CCOCC2)c2ccccn12. The Morgan fingerprint density at radius 1 is 1.12 bits per heavy atom. The first-order valence-corrected chi connectivity index (χ1v) is 8.41. The zero-order chi connectivity index (χ0) is 17.2. The second kappa shape index (κ2) is 6.57. The third-order valence-corrected chi connectivity index (χ3v) is 4.44. The Morgan fingerprint density at radius 2 is 1.88 bits per heavy atom. The van der Waals surface area contributed by atoms with Crippen molar-refractivity contribution in [2.45, 2.75) is 6.92 Å². The van der Waals surface area contributed by atoms with Gasteiger partial charge in [-0.15, -0.1) is 0 Å². The van der Waals surface area contributed by atoms with Crippen molar-refractivity contribution in [2.24, 2.45) is 0 Å². The number of anilines is 2. The zero-order valence-corrected chi connectivity index (χ0v) is 14.1. The Bertz CT molecular complexity index is 913. The molecule has 1 aliphatic heterocycles. The van der Waals surface area contributed by atoms with E-state index in [2.05, 4.69) is 15.2 Å². The molecule has 0 bridgehead atoms. The molecule has 0 spiro atoms. The maximum atomic E-state index is 12.8. The summed E-state index contributed by atoms with van der Waals surface area (Å²) in [6.45, 7) is 4.94. The minimum atomic E-state index is -0.197. The van der Waals surface area contributed by atoms with Crippen LogP contribution in [0.4, 0.5) is 11.4 Å². The maximum absolute atomic E-state index is 12.8. The predicted molar refractivity (Wildman–Crippen MR) is 97.4 cm³/mol. The van der Waals surface area contributed by atoms with Gasteiger partial charge in [0, 0.05) is 19.3 Å². The van der Waals surface area contributed by atoms with Gasteiger partial charge in [-0.1, -0.05) is 18.2 Å². The fourth-order valence-corrected chi connectivity index (χ4v) is 3.20. The van der Waals surface area contributed by atoms with E-state index in [1.165, 1.54) is 0 Å². The summed E-state index contributed by atoms with van der Waals surface area (Å²) in [7, 11) is 0. The predicted octanol–water partition coefficient (Wildman–Crippen LogP) is 2.73. The van der Waals surface area contributed by atoms with E-state index in [4.69, 9.17) is 4.74 Å². The van der Waals surface area contributed by atoms with Crippen LogP contribution in [0.1, 0.15) is 16.3 Å². The van der Waals surface area contributed by atoms with Crippen LogP contribution in [0.25, 0.3) is 5.52 Å². The number of nitrogens with zero attached hydrogens (tertiary/aromatic N) is 3. The van der Waals surface area contributed by atoms with Gasteiger partial charge >= 0.3 is 0 Å². The molecule has 6 heteroatoms. The summed E-state index contributed by atoms with van der Waals surface area (Å²) in [6.07, 6.45) is 1.91. The number of ether oxygens (including phenoxy) is 1. The van der Waals surface area contributed by atoms with Crippen LogP contribution in [0.2, 0.25) is 0 Å². The van der Waals surface area contributed by atoms with E-state index in [-0.39, 0.29) is 5.91 Å². The molecule has 2 aromatic heterocycles. The summed E-state index contributed by atoms with van der Waals surface area (Å²) < 4.78 is 7.34. The van der Waals surface area contributed by atoms with E-state index in [1.807, 2.05) is 60.0 Å². The second-order valence-corrected chi connectivity index (χ2v) is 6.03. The van der Waals surface area contributed by atoms with E-state index in [9.17, 15) is 4.79 Å². The van der Waals surface area contributed by atoms with Gasteiger partial charge < -0.3 is 19.4 Å². The van der Waals surface area contributed by atoms with Crippen LogP contribution < -0.4 is 10.2 Å². The fraction of sp³-hybridized carbons (Fsp3) is 0.263. The van der Waals surface area contributed by atoms with Crippen molar-refractivity contribution in [3.63, 3.8) is 0 Å². The van der Waals surface area contributed by atoms with Gasteiger partial charge in [-0.25, -0.2) is 4.98 Å². The van der Waals surface area contributed by atoms with E-state index >= 15 is 0 Å². The lowest BCUT2D eigenvalue weighted by atomic mass is 10.2. The molecule has 1 aromatic carbocycles. The van der Waals surface area contributed by atoms with Gasteiger partial charge in [-0.2, -0.15) is 0 Å². The number of hydrogen-bond donors (Lipinski definition) is 1. The second-order valence-electron chi connectivity index (χ2n) is 6.03. The number of rotatable bonds is 3.